The Hall–Kier alpha value is -4.49. The molecule has 0 saturated heterocycles. The molecule has 0 spiro atoms. The number of carbonyl (C=O) groups excluding carboxylic acids is 2. The summed E-state index contributed by atoms with van der Waals surface area (Å²) in [5, 5.41) is 1.90. The molecule has 1 aliphatic rings. The van der Waals surface area contributed by atoms with Crippen molar-refractivity contribution in [3.63, 3.8) is 0 Å². The number of benzene rings is 3. The van der Waals surface area contributed by atoms with Crippen molar-refractivity contribution in [2.45, 2.75) is 32.9 Å². The number of nitrogens with two attached hydrogens (primary N) is 1. The van der Waals surface area contributed by atoms with Gasteiger partial charge >= 0.3 is 0 Å². The summed E-state index contributed by atoms with van der Waals surface area (Å²) in [5.74, 6) is -0.548. The van der Waals surface area contributed by atoms with Gasteiger partial charge in [-0.1, -0.05) is 30.3 Å². The Morgan fingerprint density at radius 2 is 1.89 bits per heavy atom. The molecule has 0 saturated carbocycles. The topological polar surface area (TPSA) is 101 Å². The number of aromatic amines is 1. The molecule has 3 N–H and O–H groups in total. The SMILES string of the molecule is COC(C)(C)c1ccc2c(c1)[nH]c1c(C(N)=O)ccc(-c3cccc(N4Cc5ccncc5C4=O)c3C)c12. The van der Waals surface area contributed by atoms with Crippen LogP contribution in [-0.2, 0) is 16.9 Å². The van der Waals surface area contributed by atoms with Gasteiger partial charge in [-0.25, -0.2) is 0 Å². The van der Waals surface area contributed by atoms with Gasteiger partial charge < -0.3 is 20.4 Å². The molecule has 3 aromatic carbocycles. The van der Waals surface area contributed by atoms with Gasteiger partial charge in [0.2, 0.25) is 0 Å². The van der Waals surface area contributed by atoms with Crippen LogP contribution in [0.1, 0.15) is 51.3 Å². The van der Waals surface area contributed by atoms with E-state index in [0.717, 1.165) is 49.8 Å². The van der Waals surface area contributed by atoms with Gasteiger partial charge in [-0.05, 0) is 72.9 Å². The summed E-state index contributed by atoms with van der Waals surface area (Å²) in [6.07, 6.45) is 3.35. The molecule has 7 nitrogen and oxygen atoms in total. The van der Waals surface area contributed by atoms with Gasteiger partial charge in [0.1, 0.15) is 0 Å². The van der Waals surface area contributed by atoms with Gasteiger partial charge in [0.25, 0.3) is 11.8 Å². The number of nitrogens with zero attached hydrogens (tertiary/aromatic N) is 2. The van der Waals surface area contributed by atoms with Crippen LogP contribution < -0.4 is 10.6 Å². The Morgan fingerprint density at radius 1 is 1.08 bits per heavy atom. The molecule has 0 atom stereocenters. The molecular weight excluding hydrogens is 476 g/mol. The molecular formula is C31H28N4O3. The number of H-pyrrole nitrogens is 1. The second kappa shape index (κ2) is 8.53. The van der Waals surface area contributed by atoms with Gasteiger partial charge in [-0.2, -0.15) is 0 Å². The van der Waals surface area contributed by atoms with E-state index in [2.05, 4.69) is 28.2 Å². The number of anilines is 1. The fourth-order valence-corrected chi connectivity index (χ4v) is 5.48. The highest BCUT2D eigenvalue weighted by Crippen LogP contribution is 2.41. The van der Waals surface area contributed by atoms with E-state index in [9.17, 15) is 9.59 Å². The molecule has 38 heavy (non-hydrogen) atoms. The zero-order valence-electron chi connectivity index (χ0n) is 21.8. The number of primary amides is 1. The van der Waals surface area contributed by atoms with Crippen LogP contribution in [0.3, 0.4) is 0 Å². The van der Waals surface area contributed by atoms with Crippen molar-refractivity contribution in [1.82, 2.24) is 9.97 Å². The van der Waals surface area contributed by atoms with Crippen LogP contribution >= 0.6 is 0 Å². The van der Waals surface area contributed by atoms with Crippen LogP contribution in [0.4, 0.5) is 5.69 Å². The molecule has 1 aliphatic heterocycles. The summed E-state index contributed by atoms with van der Waals surface area (Å²) in [7, 11) is 1.69. The van der Waals surface area contributed by atoms with Gasteiger partial charge in [-0.3, -0.25) is 14.6 Å². The number of rotatable bonds is 5. The first-order valence-electron chi connectivity index (χ1n) is 12.5. The Kier molecular flexibility index (Phi) is 5.36. The predicted molar refractivity (Wildman–Crippen MR) is 149 cm³/mol. The van der Waals surface area contributed by atoms with Crippen LogP contribution in [0.25, 0.3) is 32.9 Å². The highest BCUT2D eigenvalue weighted by atomic mass is 16.5. The van der Waals surface area contributed by atoms with E-state index in [4.69, 9.17) is 10.5 Å². The first-order valence-corrected chi connectivity index (χ1v) is 12.5. The van der Waals surface area contributed by atoms with Crippen molar-refractivity contribution in [3.8, 4) is 11.1 Å². The van der Waals surface area contributed by atoms with E-state index in [1.807, 2.05) is 51.1 Å². The first-order chi connectivity index (χ1) is 18.2. The molecule has 2 amide bonds. The third-order valence-electron chi connectivity index (χ3n) is 7.83. The fourth-order valence-electron chi connectivity index (χ4n) is 5.48. The Balaban J connectivity index is 1.56. The number of carbonyl (C=O) groups is 2. The van der Waals surface area contributed by atoms with Crippen molar-refractivity contribution in [3.05, 3.63) is 94.8 Å². The number of hydrogen-bond donors (Lipinski definition) is 2. The highest BCUT2D eigenvalue weighted by molar-refractivity contribution is 6.20. The number of amides is 2. The Bertz CT molecular complexity index is 1780. The largest absolute Gasteiger partial charge is 0.374 e. The van der Waals surface area contributed by atoms with E-state index in [-0.39, 0.29) is 5.91 Å². The van der Waals surface area contributed by atoms with Crippen molar-refractivity contribution in [2.24, 2.45) is 5.73 Å². The van der Waals surface area contributed by atoms with Crippen molar-refractivity contribution in [2.75, 3.05) is 12.0 Å². The second-order valence-corrected chi connectivity index (χ2v) is 10.2. The summed E-state index contributed by atoms with van der Waals surface area (Å²) >= 11 is 0. The van der Waals surface area contributed by atoms with Gasteiger partial charge in [0, 0.05) is 41.5 Å². The van der Waals surface area contributed by atoms with Gasteiger partial charge in [0.15, 0.2) is 0 Å². The molecule has 0 bridgehead atoms. The summed E-state index contributed by atoms with van der Waals surface area (Å²) in [4.78, 5) is 35.0. The molecule has 0 fully saturated rings. The molecule has 3 heterocycles. The molecule has 0 unspecified atom stereocenters. The quantitative estimate of drug-likeness (QED) is 0.314. The van der Waals surface area contributed by atoms with E-state index >= 15 is 0 Å². The van der Waals surface area contributed by atoms with Crippen molar-refractivity contribution in [1.29, 1.82) is 0 Å². The maximum absolute atomic E-state index is 13.2. The number of ether oxygens (including phenoxy) is 1. The number of pyridine rings is 1. The minimum Gasteiger partial charge on any atom is -0.374 e. The predicted octanol–water partition coefficient (Wildman–Crippen LogP) is 5.83. The van der Waals surface area contributed by atoms with Gasteiger partial charge in [-0.15, -0.1) is 0 Å². The molecule has 0 aliphatic carbocycles. The average Bonchev–Trinajstić information content (AvgIpc) is 3.46. The van der Waals surface area contributed by atoms with Crippen LogP contribution in [0.15, 0.2) is 67.0 Å². The lowest BCUT2D eigenvalue weighted by Gasteiger charge is -2.23. The number of hydrogen-bond acceptors (Lipinski definition) is 4. The lowest BCUT2D eigenvalue weighted by Crippen LogP contribution is -2.24. The first kappa shape index (κ1) is 23.9. The average molecular weight is 505 g/mol. The van der Waals surface area contributed by atoms with E-state index in [0.29, 0.717) is 23.2 Å². The molecule has 6 rings (SSSR count). The number of fused-ring (bicyclic) bond motifs is 4. The Morgan fingerprint density at radius 3 is 2.63 bits per heavy atom. The summed E-state index contributed by atoms with van der Waals surface area (Å²) in [6, 6.07) is 17.8. The standard InChI is InChI=1S/C31H28N4O3/c1-17-20(6-5-7-26(17)35-16-18-12-13-33-15-24(18)30(35)37)21-10-11-23(29(32)36)28-27(21)22-9-8-19(14-25(22)34-28)31(2,3)38-4/h5-15,34H,16H2,1-4H3,(H2,32,36). The minimum atomic E-state index is -0.495. The lowest BCUT2D eigenvalue weighted by molar-refractivity contribution is 0.0193. The lowest BCUT2D eigenvalue weighted by atomic mass is 9.92. The molecule has 7 heteroatoms. The Labute approximate surface area is 220 Å². The number of nitrogens with one attached hydrogen (secondary N) is 1. The van der Waals surface area contributed by atoms with Crippen LogP contribution in [0.5, 0.6) is 0 Å². The van der Waals surface area contributed by atoms with Crippen molar-refractivity contribution < 1.29 is 14.3 Å². The van der Waals surface area contributed by atoms with E-state index in [1.165, 1.54) is 0 Å². The number of aromatic nitrogens is 2. The zero-order chi connectivity index (χ0) is 26.8. The smallest absolute Gasteiger partial charge is 0.260 e. The van der Waals surface area contributed by atoms with E-state index < -0.39 is 11.5 Å². The van der Waals surface area contributed by atoms with Gasteiger partial charge in [0.05, 0.1) is 28.8 Å². The molecule has 5 aromatic rings. The summed E-state index contributed by atoms with van der Waals surface area (Å²) in [5.41, 5.74) is 13.7. The zero-order valence-corrected chi connectivity index (χ0v) is 21.8. The summed E-state index contributed by atoms with van der Waals surface area (Å²) < 4.78 is 5.69. The third kappa shape index (κ3) is 3.50. The third-order valence-corrected chi connectivity index (χ3v) is 7.83. The maximum Gasteiger partial charge on any atom is 0.260 e. The van der Waals surface area contributed by atoms with Crippen molar-refractivity contribution >= 4 is 39.3 Å². The molecule has 2 aromatic heterocycles. The van der Waals surface area contributed by atoms with Crippen LogP contribution in [-0.4, -0.2) is 28.9 Å². The molecule has 190 valence electrons. The van der Waals surface area contributed by atoms with Crippen LogP contribution in [0, 0.1) is 6.92 Å². The highest BCUT2D eigenvalue weighted by Gasteiger charge is 2.30. The van der Waals surface area contributed by atoms with E-state index in [1.54, 1.807) is 30.5 Å². The number of methoxy groups -OCH3 is 1. The minimum absolute atomic E-state index is 0.0528. The second-order valence-electron chi connectivity index (χ2n) is 10.2. The monoisotopic (exact) mass is 504 g/mol. The maximum atomic E-state index is 13.2. The van der Waals surface area contributed by atoms with Crippen LogP contribution in [0.2, 0.25) is 0 Å². The fraction of sp³-hybridized carbons (Fsp3) is 0.194. The summed E-state index contributed by atoms with van der Waals surface area (Å²) in [6.45, 7) is 6.56. The molecule has 0 radical (unpaired) electrons. The normalized spacial score (nSPS) is 13.5.